The minimum absolute atomic E-state index is 0.344. The Balaban J connectivity index is 2.46. The van der Waals surface area contributed by atoms with E-state index in [2.05, 4.69) is 47.7 Å². The maximum atomic E-state index is 6.37. The van der Waals surface area contributed by atoms with Gasteiger partial charge in [0.1, 0.15) is 0 Å². The van der Waals surface area contributed by atoms with Crippen molar-refractivity contribution in [3.63, 3.8) is 0 Å². The average Bonchev–Trinajstić information content (AvgIpc) is 2.11. The van der Waals surface area contributed by atoms with Gasteiger partial charge in [-0.25, -0.2) is 0 Å². The lowest BCUT2D eigenvalue weighted by atomic mass is 9.72. The smallest absolute Gasteiger partial charge is 0.191 e. The third-order valence-electron chi connectivity index (χ3n) is 4.79. The van der Waals surface area contributed by atoms with Crippen LogP contribution in [0.5, 0.6) is 0 Å². The molecular formula is C15H32OSi. The lowest BCUT2D eigenvalue weighted by Crippen LogP contribution is -2.42. The van der Waals surface area contributed by atoms with Gasteiger partial charge in [-0.15, -0.1) is 0 Å². The second-order valence-electron chi connectivity index (χ2n) is 8.20. The van der Waals surface area contributed by atoms with Crippen LogP contribution in [-0.2, 0) is 4.43 Å². The first-order valence-electron chi connectivity index (χ1n) is 7.17. The summed E-state index contributed by atoms with van der Waals surface area (Å²) in [7, 11) is -1.54. The lowest BCUT2D eigenvalue weighted by molar-refractivity contribution is 0.123. The molecule has 2 heteroatoms. The Morgan fingerprint density at radius 1 is 1.24 bits per heavy atom. The van der Waals surface area contributed by atoms with E-state index < -0.39 is 8.32 Å². The standard InChI is InChI=1S/C15H32OSi/c1-14(2,3)17(6,7)16-12-13-9-8-10-15(4,5)11-13/h13H,8-12H2,1-7H3/t13-/m1/s1. The molecule has 0 bridgehead atoms. The van der Waals surface area contributed by atoms with Crippen molar-refractivity contribution in [2.45, 2.75) is 78.4 Å². The zero-order valence-electron chi connectivity index (χ0n) is 13.0. The quantitative estimate of drug-likeness (QED) is 0.629. The lowest BCUT2D eigenvalue weighted by Gasteiger charge is -2.40. The van der Waals surface area contributed by atoms with Gasteiger partial charge in [0.2, 0.25) is 0 Å². The van der Waals surface area contributed by atoms with E-state index in [1.807, 2.05) is 0 Å². The van der Waals surface area contributed by atoms with E-state index in [0.717, 1.165) is 12.5 Å². The molecule has 0 spiro atoms. The maximum Gasteiger partial charge on any atom is 0.191 e. The van der Waals surface area contributed by atoms with Crippen LogP contribution in [0.1, 0.15) is 60.3 Å². The van der Waals surface area contributed by atoms with Crippen LogP contribution in [0.15, 0.2) is 0 Å². The summed E-state index contributed by atoms with van der Waals surface area (Å²) in [6.07, 6.45) is 5.50. The Morgan fingerprint density at radius 2 is 1.82 bits per heavy atom. The van der Waals surface area contributed by atoms with Crippen molar-refractivity contribution in [1.29, 1.82) is 0 Å². The monoisotopic (exact) mass is 256 g/mol. The Hall–Kier alpha value is 0.177. The molecule has 1 aliphatic carbocycles. The van der Waals surface area contributed by atoms with Crippen LogP contribution in [0.2, 0.25) is 18.1 Å². The van der Waals surface area contributed by atoms with Crippen molar-refractivity contribution >= 4 is 8.32 Å². The molecule has 1 aliphatic rings. The van der Waals surface area contributed by atoms with Crippen LogP contribution in [0.25, 0.3) is 0 Å². The highest BCUT2D eigenvalue weighted by molar-refractivity contribution is 6.74. The van der Waals surface area contributed by atoms with E-state index in [1.165, 1.54) is 25.7 Å². The van der Waals surface area contributed by atoms with E-state index >= 15 is 0 Å². The van der Waals surface area contributed by atoms with E-state index in [0.29, 0.717) is 10.5 Å². The largest absolute Gasteiger partial charge is 0.417 e. The number of hydrogen-bond acceptors (Lipinski definition) is 1. The molecule has 0 radical (unpaired) electrons. The van der Waals surface area contributed by atoms with Crippen molar-refractivity contribution in [3.8, 4) is 0 Å². The molecule has 0 unspecified atom stereocenters. The van der Waals surface area contributed by atoms with Crippen LogP contribution in [0, 0.1) is 11.3 Å². The molecule has 1 saturated carbocycles. The summed E-state index contributed by atoms with van der Waals surface area (Å²) >= 11 is 0. The van der Waals surface area contributed by atoms with Crippen molar-refractivity contribution < 1.29 is 4.43 Å². The molecule has 1 fully saturated rings. The first-order chi connectivity index (χ1) is 7.54. The summed E-state index contributed by atoms with van der Waals surface area (Å²) in [6, 6.07) is 0. The van der Waals surface area contributed by atoms with Gasteiger partial charge >= 0.3 is 0 Å². The van der Waals surface area contributed by atoms with Gasteiger partial charge in [-0.1, -0.05) is 41.0 Å². The van der Waals surface area contributed by atoms with E-state index in [9.17, 15) is 0 Å². The van der Waals surface area contributed by atoms with Gasteiger partial charge in [-0.05, 0) is 48.7 Å². The summed E-state index contributed by atoms with van der Waals surface area (Å²) in [6.45, 7) is 17.5. The van der Waals surface area contributed by atoms with Gasteiger partial charge < -0.3 is 4.43 Å². The van der Waals surface area contributed by atoms with Crippen molar-refractivity contribution in [2.75, 3.05) is 6.61 Å². The Kier molecular flexibility index (Phi) is 4.52. The molecule has 0 heterocycles. The van der Waals surface area contributed by atoms with Gasteiger partial charge in [0.15, 0.2) is 8.32 Å². The summed E-state index contributed by atoms with van der Waals surface area (Å²) in [5, 5.41) is 0.344. The molecule has 0 aliphatic heterocycles. The first-order valence-corrected chi connectivity index (χ1v) is 10.1. The summed E-state index contributed by atoms with van der Waals surface area (Å²) in [5.41, 5.74) is 0.541. The molecule has 1 atom stereocenters. The molecule has 0 aromatic carbocycles. The van der Waals surface area contributed by atoms with E-state index in [4.69, 9.17) is 4.43 Å². The predicted molar refractivity (Wildman–Crippen MR) is 78.9 cm³/mol. The minimum atomic E-state index is -1.54. The fraction of sp³-hybridized carbons (Fsp3) is 1.00. The summed E-state index contributed by atoms with van der Waals surface area (Å²) in [4.78, 5) is 0. The molecule has 0 aromatic heterocycles. The molecule has 17 heavy (non-hydrogen) atoms. The Labute approximate surface area is 109 Å². The topological polar surface area (TPSA) is 9.23 Å². The van der Waals surface area contributed by atoms with Crippen molar-refractivity contribution in [3.05, 3.63) is 0 Å². The molecule has 0 saturated heterocycles. The molecule has 1 rings (SSSR count). The van der Waals surface area contributed by atoms with Gasteiger partial charge in [0.05, 0.1) is 0 Å². The van der Waals surface area contributed by atoms with Crippen LogP contribution < -0.4 is 0 Å². The molecule has 102 valence electrons. The second-order valence-corrected chi connectivity index (χ2v) is 13.0. The Bertz CT molecular complexity index is 250. The Morgan fingerprint density at radius 3 is 2.29 bits per heavy atom. The molecule has 0 amide bonds. The highest BCUT2D eigenvalue weighted by atomic mass is 28.4. The van der Waals surface area contributed by atoms with E-state index in [1.54, 1.807) is 0 Å². The third kappa shape index (κ3) is 4.40. The van der Waals surface area contributed by atoms with Gasteiger partial charge in [-0.3, -0.25) is 0 Å². The van der Waals surface area contributed by atoms with Crippen LogP contribution >= 0.6 is 0 Å². The van der Waals surface area contributed by atoms with Crippen LogP contribution in [-0.4, -0.2) is 14.9 Å². The second kappa shape index (κ2) is 5.04. The highest BCUT2D eigenvalue weighted by Crippen LogP contribution is 2.41. The van der Waals surface area contributed by atoms with E-state index in [-0.39, 0.29) is 0 Å². The average molecular weight is 257 g/mol. The fourth-order valence-electron chi connectivity index (χ4n) is 2.54. The highest BCUT2D eigenvalue weighted by Gasteiger charge is 2.38. The van der Waals surface area contributed by atoms with Gasteiger partial charge in [0, 0.05) is 6.61 Å². The zero-order chi connectivity index (χ0) is 13.3. The van der Waals surface area contributed by atoms with Crippen LogP contribution in [0.4, 0.5) is 0 Å². The maximum absolute atomic E-state index is 6.37. The van der Waals surface area contributed by atoms with Gasteiger partial charge in [0.25, 0.3) is 0 Å². The zero-order valence-corrected chi connectivity index (χ0v) is 14.0. The summed E-state index contributed by atoms with van der Waals surface area (Å²) < 4.78 is 6.37. The molecule has 0 N–H and O–H groups in total. The fourth-order valence-corrected chi connectivity index (χ4v) is 3.63. The molecule has 1 nitrogen and oxygen atoms in total. The summed E-state index contributed by atoms with van der Waals surface area (Å²) in [5.74, 6) is 0.799. The van der Waals surface area contributed by atoms with Gasteiger partial charge in [-0.2, -0.15) is 0 Å². The first kappa shape index (κ1) is 15.2. The number of rotatable bonds is 3. The van der Waals surface area contributed by atoms with Crippen molar-refractivity contribution in [2.24, 2.45) is 11.3 Å². The van der Waals surface area contributed by atoms with Crippen LogP contribution in [0.3, 0.4) is 0 Å². The normalized spacial score (nSPS) is 25.9. The van der Waals surface area contributed by atoms with Crippen molar-refractivity contribution in [1.82, 2.24) is 0 Å². The third-order valence-corrected chi connectivity index (χ3v) is 9.29. The predicted octanol–water partition coefficient (Wildman–Crippen LogP) is 5.22. The molecule has 0 aromatic rings. The molecular weight excluding hydrogens is 224 g/mol. The minimum Gasteiger partial charge on any atom is -0.417 e. The SMILES string of the molecule is CC1(C)CCC[C@@H](CO[Si](C)(C)C(C)(C)C)C1. The number of hydrogen-bond donors (Lipinski definition) is 0.